The molecular formula is C17H25N4O4S+. The van der Waals surface area contributed by atoms with E-state index in [1.165, 1.54) is 23.8 Å². The van der Waals surface area contributed by atoms with Gasteiger partial charge in [-0.05, 0) is 52.1 Å². The highest BCUT2D eigenvalue weighted by Gasteiger charge is 2.47. The van der Waals surface area contributed by atoms with Crippen LogP contribution in [0.2, 0.25) is 0 Å². The number of nitrogens with zero attached hydrogens (tertiary/aromatic N) is 3. The van der Waals surface area contributed by atoms with Gasteiger partial charge in [0.25, 0.3) is 0 Å². The van der Waals surface area contributed by atoms with Gasteiger partial charge >= 0.3 is 11.9 Å². The van der Waals surface area contributed by atoms with Gasteiger partial charge in [0.2, 0.25) is 10.0 Å². The first-order valence-electron chi connectivity index (χ1n) is 8.59. The predicted molar refractivity (Wildman–Crippen MR) is 97.3 cm³/mol. The van der Waals surface area contributed by atoms with Crippen molar-refractivity contribution >= 4 is 27.7 Å². The summed E-state index contributed by atoms with van der Waals surface area (Å²) in [6.07, 6.45) is 6.09. The molecule has 1 unspecified atom stereocenters. The Bertz CT molecular complexity index is 850. The summed E-state index contributed by atoms with van der Waals surface area (Å²) in [4.78, 5) is 28.1. The molecule has 9 heteroatoms. The highest BCUT2D eigenvalue weighted by atomic mass is 32.2. The molecule has 2 aliphatic carbocycles. The minimum Gasteiger partial charge on any atom is -0.305 e. The molecule has 1 fully saturated rings. The second-order valence-electron chi connectivity index (χ2n) is 7.61. The number of nitrogens with one attached hydrogen (secondary N) is 1. The summed E-state index contributed by atoms with van der Waals surface area (Å²) >= 11 is 0. The quantitative estimate of drug-likeness (QED) is 0.661. The van der Waals surface area contributed by atoms with E-state index in [-0.39, 0.29) is 4.91 Å². The lowest BCUT2D eigenvalue weighted by molar-refractivity contribution is -0.439. The Labute approximate surface area is 153 Å². The van der Waals surface area contributed by atoms with Gasteiger partial charge in [-0.15, -0.1) is 0 Å². The largest absolute Gasteiger partial charge is 0.500 e. The number of hydrogen-bond acceptors (Lipinski definition) is 5. The number of fused-ring (bicyclic) bond motifs is 1. The monoisotopic (exact) mass is 381 g/mol. The van der Waals surface area contributed by atoms with E-state index in [1.54, 1.807) is 6.08 Å². The molecule has 142 valence electrons. The first-order valence-corrected chi connectivity index (χ1v) is 10.1. The molecule has 0 aromatic rings. The van der Waals surface area contributed by atoms with Crippen LogP contribution in [0.1, 0.15) is 19.8 Å². The van der Waals surface area contributed by atoms with E-state index in [4.69, 9.17) is 0 Å². The van der Waals surface area contributed by atoms with Crippen LogP contribution < -0.4 is 4.72 Å². The summed E-state index contributed by atoms with van der Waals surface area (Å²) < 4.78 is 29.5. The van der Waals surface area contributed by atoms with E-state index in [0.717, 1.165) is 17.7 Å². The maximum atomic E-state index is 12.6. The number of rotatable bonds is 6. The van der Waals surface area contributed by atoms with Gasteiger partial charge < -0.3 is 4.90 Å². The number of amides is 3. The van der Waals surface area contributed by atoms with Crippen molar-refractivity contribution in [3.05, 3.63) is 23.1 Å². The standard InChI is InChI=1S/C17H25N4O4S/c1-17(7-8-17)18-26(24,25)12-5-6-14-13(11-12)15(22)20(4)16(23)21(14)10-9-19(2)3/h5-6,11,13,18H,7-10H2,1-4H3/q+1. The van der Waals surface area contributed by atoms with Gasteiger partial charge in [-0.3, -0.25) is 0 Å². The highest BCUT2D eigenvalue weighted by molar-refractivity contribution is 7.93. The Morgan fingerprint density at radius 3 is 2.54 bits per heavy atom. The molecule has 1 N–H and O–H groups in total. The first kappa shape index (κ1) is 18.9. The van der Waals surface area contributed by atoms with E-state index in [0.29, 0.717) is 18.8 Å². The predicted octanol–water partition coefficient (Wildman–Crippen LogP) is 0.135. The number of allylic oxidation sites excluding steroid dienone is 2. The number of hydrogen-bond donors (Lipinski definition) is 1. The molecule has 0 bridgehead atoms. The van der Waals surface area contributed by atoms with E-state index in [2.05, 4.69) is 4.72 Å². The van der Waals surface area contributed by atoms with Crippen molar-refractivity contribution in [2.45, 2.75) is 25.3 Å². The second kappa shape index (κ2) is 6.40. The van der Waals surface area contributed by atoms with Crippen LogP contribution in [0.25, 0.3) is 0 Å². The lowest BCUT2D eigenvalue weighted by Gasteiger charge is -2.26. The number of carbonyl (C=O) groups is 2. The molecule has 1 aliphatic heterocycles. The Morgan fingerprint density at radius 2 is 1.96 bits per heavy atom. The van der Waals surface area contributed by atoms with E-state index >= 15 is 0 Å². The van der Waals surface area contributed by atoms with Crippen LogP contribution in [0.4, 0.5) is 4.79 Å². The van der Waals surface area contributed by atoms with E-state index < -0.39 is 33.4 Å². The van der Waals surface area contributed by atoms with Crippen LogP contribution >= 0.6 is 0 Å². The second-order valence-corrected chi connectivity index (χ2v) is 9.29. The molecule has 3 rings (SSSR count). The van der Waals surface area contributed by atoms with Gasteiger partial charge in [-0.1, -0.05) is 0 Å². The molecule has 8 nitrogen and oxygen atoms in total. The lowest BCUT2D eigenvalue weighted by Crippen LogP contribution is -2.54. The normalized spacial score (nSPS) is 24.9. The third-order valence-electron chi connectivity index (χ3n) is 4.96. The van der Waals surface area contributed by atoms with Gasteiger partial charge in [-0.25, -0.2) is 17.9 Å². The zero-order valence-electron chi connectivity index (χ0n) is 15.5. The summed E-state index contributed by atoms with van der Waals surface area (Å²) in [6, 6.07) is -0.393. The molecule has 0 saturated heterocycles. The van der Waals surface area contributed by atoms with Crippen LogP contribution in [-0.4, -0.2) is 80.2 Å². The summed E-state index contributed by atoms with van der Waals surface area (Å²) in [5.74, 6) is -1.19. The molecule has 0 aromatic heterocycles. The summed E-state index contributed by atoms with van der Waals surface area (Å²) in [5.41, 5.74) is 0.134. The van der Waals surface area contributed by atoms with Crippen molar-refractivity contribution in [1.82, 2.24) is 14.5 Å². The molecule has 26 heavy (non-hydrogen) atoms. The van der Waals surface area contributed by atoms with Crippen molar-refractivity contribution in [3.8, 4) is 0 Å². The molecule has 1 saturated carbocycles. The van der Waals surface area contributed by atoms with Crippen LogP contribution in [0.3, 0.4) is 0 Å². The molecule has 1 heterocycles. The molecule has 3 aliphatic rings. The van der Waals surface area contributed by atoms with Crippen molar-refractivity contribution in [1.29, 1.82) is 0 Å². The van der Waals surface area contributed by atoms with Crippen LogP contribution in [0.15, 0.2) is 23.1 Å². The molecule has 0 aromatic carbocycles. The van der Waals surface area contributed by atoms with E-state index in [9.17, 15) is 18.0 Å². The molecular weight excluding hydrogens is 356 g/mol. The Balaban J connectivity index is 1.96. The van der Waals surface area contributed by atoms with Crippen molar-refractivity contribution in [3.63, 3.8) is 0 Å². The summed E-state index contributed by atoms with van der Waals surface area (Å²) in [6.45, 7) is 2.91. The summed E-state index contributed by atoms with van der Waals surface area (Å²) in [7, 11) is 1.53. The third-order valence-corrected chi connectivity index (χ3v) is 6.61. The highest BCUT2D eigenvalue weighted by Crippen LogP contribution is 2.36. The molecule has 0 spiro atoms. The Kier molecular flexibility index (Phi) is 4.66. The van der Waals surface area contributed by atoms with Crippen molar-refractivity contribution in [2.75, 3.05) is 34.2 Å². The van der Waals surface area contributed by atoms with Crippen molar-refractivity contribution in [2.24, 2.45) is 5.92 Å². The number of likely N-dealkylation sites (N-methyl/N-ethyl adjacent to an activating group) is 1. The number of urea groups is 1. The van der Waals surface area contributed by atoms with Gasteiger partial charge in [0.05, 0.1) is 12.0 Å². The average molecular weight is 381 g/mol. The number of sulfonamides is 1. The molecule has 3 amide bonds. The topological polar surface area (TPSA) is 89.8 Å². The van der Waals surface area contributed by atoms with Gasteiger partial charge in [0.15, 0.2) is 0 Å². The maximum Gasteiger partial charge on any atom is 0.500 e. The third kappa shape index (κ3) is 3.51. The Morgan fingerprint density at radius 1 is 1.31 bits per heavy atom. The Hall–Kier alpha value is -1.84. The maximum absolute atomic E-state index is 12.6. The van der Waals surface area contributed by atoms with Gasteiger partial charge in [-0.2, -0.15) is 14.3 Å². The van der Waals surface area contributed by atoms with Crippen molar-refractivity contribution < 1.29 is 22.6 Å². The SMILES string of the molecule is CN(C)CC[N+]1=C2C=CC(S(=O)(=O)NC3(C)CC3)=CC2C(=O)N(C)C1=O. The number of carbonyl (C=O) groups excluding carboxylic acids is 2. The lowest BCUT2D eigenvalue weighted by atomic mass is 9.94. The zero-order chi connectivity index (χ0) is 19.3. The van der Waals surface area contributed by atoms with Crippen LogP contribution in [-0.2, 0) is 14.8 Å². The molecule has 1 atom stereocenters. The first-order chi connectivity index (χ1) is 12.0. The van der Waals surface area contributed by atoms with Crippen LogP contribution in [0.5, 0.6) is 0 Å². The number of imide groups is 1. The fraction of sp³-hybridized carbons (Fsp3) is 0.588. The minimum atomic E-state index is -3.70. The zero-order valence-corrected chi connectivity index (χ0v) is 16.3. The van der Waals surface area contributed by atoms with Crippen LogP contribution in [0, 0.1) is 5.92 Å². The molecule has 0 radical (unpaired) electrons. The minimum absolute atomic E-state index is 0.0723. The smallest absolute Gasteiger partial charge is 0.305 e. The van der Waals surface area contributed by atoms with Gasteiger partial charge in [0, 0.05) is 12.1 Å². The fourth-order valence-corrected chi connectivity index (χ4v) is 4.54. The van der Waals surface area contributed by atoms with E-state index in [1.807, 2.05) is 25.9 Å². The van der Waals surface area contributed by atoms with Gasteiger partial charge in [0.1, 0.15) is 18.2 Å². The average Bonchev–Trinajstić information content (AvgIpc) is 3.28. The fourth-order valence-electron chi connectivity index (χ4n) is 3.00. The summed E-state index contributed by atoms with van der Waals surface area (Å²) in [5, 5.41) is 0.